The molecule has 1 heterocycles. The second-order valence-corrected chi connectivity index (χ2v) is 4.06. The largest absolute Gasteiger partial charge is 0.395 e. The molecule has 0 bridgehead atoms. The van der Waals surface area contributed by atoms with Crippen molar-refractivity contribution >= 4 is 16.9 Å². The van der Waals surface area contributed by atoms with Crippen molar-refractivity contribution in [1.29, 1.82) is 0 Å². The fourth-order valence-corrected chi connectivity index (χ4v) is 1.94. The van der Waals surface area contributed by atoms with Crippen molar-refractivity contribution in [2.75, 3.05) is 31.2 Å². The van der Waals surface area contributed by atoms with Crippen LogP contribution >= 0.6 is 0 Å². The van der Waals surface area contributed by atoms with E-state index in [1.807, 2.05) is 36.1 Å². The zero-order chi connectivity index (χ0) is 13.0. The third kappa shape index (κ3) is 2.57. The van der Waals surface area contributed by atoms with E-state index in [2.05, 4.69) is 9.97 Å². The predicted molar refractivity (Wildman–Crippen MR) is 70.7 cm³/mol. The molecule has 0 saturated heterocycles. The van der Waals surface area contributed by atoms with Crippen LogP contribution in [0.15, 0.2) is 24.3 Å². The monoisotopic (exact) mass is 247 g/mol. The molecule has 5 nitrogen and oxygen atoms in total. The van der Waals surface area contributed by atoms with Gasteiger partial charge in [0.25, 0.3) is 0 Å². The molecule has 0 aliphatic heterocycles. The van der Waals surface area contributed by atoms with Crippen LogP contribution in [0.1, 0.15) is 5.69 Å². The Bertz CT molecular complexity index is 525. The molecular weight excluding hydrogens is 230 g/mol. The Morgan fingerprint density at radius 1 is 1.00 bits per heavy atom. The van der Waals surface area contributed by atoms with Crippen molar-refractivity contribution < 1.29 is 10.2 Å². The number of aryl methyl sites for hydroxylation is 1. The minimum atomic E-state index is 0.0218. The molecule has 0 saturated carbocycles. The van der Waals surface area contributed by atoms with Gasteiger partial charge in [0, 0.05) is 13.1 Å². The van der Waals surface area contributed by atoms with E-state index in [4.69, 9.17) is 10.2 Å². The highest BCUT2D eigenvalue weighted by Crippen LogP contribution is 2.19. The summed E-state index contributed by atoms with van der Waals surface area (Å²) in [6.45, 7) is 2.81. The maximum absolute atomic E-state index is 9.06. The van der Waals surface area contributed by atoms with Gasteiger partial charge in [-0.05, 0) is 19.1 Å². The lowest BCUT2D eigenvalue weighted by atomic mass is 10.3. The number of anilines is 1. The Kier molecular flexibility index (Phi) is 4.07. The van der Waals surface area contributed by atoms with E-state index in [0.29, 0.717) is 13.1 Å². The van der Waals surface area contributed by atoms with Crippen LogP contribution in [-0.2, 0) is 0 Å². The minimum absolute atomic E-state index is 0.0218. The number of para-hydroxylation sites is 2. The topological polar surface area (TPSA) is 69.5 Å². The first-order valence-corrected chi connectivity index (χ1v) is 5.96. The van der Waals surface area contributed by atoms with Crippen LogP contribution in [0.4, 0.5) is 5.82 Å². The molecule has 5 heteroatoms. The molecular formula is C13H17N3O2. The van der Waals surface area contributed by atoms with Crippen molar-refractivity contribution in [3.8, 4) is 0 Å². The fourth-order valence-electron chi connectivity index (χ4n) is 1.94. The predicted octanol–water partition coefficient (Wildman–Crippen LogP) is 0.729. The van der Waals surface area contributed by atoms with Gasteiger partial charge in [-0.1, -0.05) is 12.1 Å². The Morgan fingerprint density at radius 3 is 2.11 bits per heavy atom. The highest BCUT2D eigenvalue weighted by molar-refractivity contribution is 5.76. The molecule has 2 N–H and O–H groups in total. The molecule has 0 spiro atoms. The molecule has 96 valence electrons. The summed E-state index contributed by atoms with van der Waals surface area (Å²) in [5.41, 5.74) is 2.47. The number of aromatic nitrogens is 2. The van der Waals surface area contributed by atoms with E-state index >= 15 is 0 Å². The maximum Gasteiger partial charge on any atom is 0.150 e. The minimum Gasteiger partial charge on any atom is -0.395 e. The number of hydrogen-bond donors (Lipinski definition) is 2. The summed E-state index contributed by atoms with van der Waals surface area (Å²) in [5.74, 6) is 0.719. The molecule has 2 rings (SSSR count). The van der Waals surface area contributed by atoms with Crippen molar-refractivity contribution in [3.05, 3.63) is 30.0 Å². The smallest absolute Gasteiger partial charge is 0.150 e. The van der Waals surface area contributed by atoms with E-state index in [-0.39, 0.29) is 13.2 Å². The van der Waals surface area contributed by atoms with Gasteiger partial charge in [-0.3, -0.25) is 0 Å². The van der Waals surface area contributed by atoms with E-state index in [9.17, 15) is 0 Å². The first-order valence-electron chi connectivity index (χ1n) is 5.96. The highest BCUT2D eigenvalue weighted by atomic mass is 16.3. The first kappa shape index (κ1) is 12.7. The van der Waals surface area contributed by atoms with Crippen LogP contribution in [0.25, 0.3) is 11.0 Å². The van der Waals surface area contributed by atoms with Crippen LogP contribution in [0.3, 0.4) is 0 Å². The van der Waals surface area contributed by atoms with Crippen LogP contribution in [0.2, 0.25) is 0 Å². The molecule has 0 aliphatic carbocycles. The molecule has 1 aromatic heterocycles. The van der Waals surface area contributed by atoms with Gasteiger partial charge in [0.2, 0.25) is 0 Å². The van der Waals surface area contributed by atoms with Gasteiger partial charge < -0.3 is 15.1 Å². The first-order chi connectivity index (χ1) is 8.76. The van der Waals surface area contributed by atoms with Crippen molar-refractivity contribution in [1.82, 2.24) is 9.97 Å². The van der Waals surface area contributed by atoms with E-state index in [0.717, 1.165) is 22.5 Å². The Labute approximate surface area is 106 Å². The lowest BCUT2D eigenvalue weighted by Crippen LogP contribution is -2.31. The standard InChI is InChI=1S/C13H17N3O2/c1-10-13(16(6-8-17)7-9-18)15-12-5-3-2-4-11(12)14-10/h2-5,17-18H,6-9H2,1H3. The third-order valence-corrected chi connectivity index (χ3v) is 2.76. The summed E-state index contributed by atoms with van der Waals surface area (Å²) < 4.78 is 0. The van der Waals surface area contributed by atoms with Gasteiger partial charge in [0.15, 0.2) is 5.82 Å². The lowest BCUT2D eigenvalue weighted by molar-refractivity contribution is 0.280. The van der Waals surface area contributed by atoms with E-state index < -0.39 is 0 Å². The quantitative estimate of drug-likeness (QED) is 0.815. The van der Waals surface area contributed by atoms with Gasteiger partial charge in [-0.25, -0.2) is 9.97 Å². The number of aliphatic hydroxyl groups is 2. The van der Waals surface area contributed by atoms with E-state index in [1.165, 1.54) is 0 Å². The Balaban J connectivity index is 2.44. The van der Waals surface area contributed by atoms with Crippen molar-refractivity contribution in [3.63, 3.8) is 0 Å². The van der Waals surface area contributed by atoms with Crippen molar-refractivity contribution in [2.24, 2.45) is 0 Å². The van der Waals surface area contributed by atoms with Crippen LogP contribution in [0.5, 0.6) is 0 Å². The summed E-state index contributed by atoms with van der Waals surface area (Å²) in [7, 11) is 0. The van der Waals surface area contributed by atoms with Gasteiger partial charge in [-0.2, -0.15) is 0 Å². The number of hydrogen-bond acceptors (Lipinski definition) is 5. The van der Waals surface area contributed by atoms with E-state index in [1.54, 1.807) is 0 Å². The van der Waals surface area contributed by atoms with Gasteiger partial charge >= 0.3 is 0 Å². The molecule has 0 aliphatic rings. The molecule has 2 aromatic rings. The molecule has 0 unspecified atom stereocenters. The SMILES string of the molecule is Cc1nc2ccccc2nc1N(CCO)CCO. The normalized spacial score (nSPS) is 10.8. The van der Waals surface area contributed by atoms with Crippen LogP contribution < -0.4 is 4.90 Å². The molecule has 1 aromatic carbocycles. The summed E-state index contributed by atoms with van der Waals surface area (Å²) in [5, 5.41) is 18.1. The van der Waals surface area contributed by atoms with Crippen molar-refractivity contribution in [2.45, 2.75) is 6.92 Å². The zero-order valence-electron chi connectivity index (χ0n) is 10.4. The number of fused-ring (bicyclic) bond motifs is 1. The second kappa shape index (κ2) is 5.75. The average molecular weight is 247 g/mol. The Morgan fingerprint density at radius 2 is 1.56 bits per heavy atom. The number of benzene rings is 1. The zero-order valence-corrected chi connectivity index (χ0v) is 10.4. The van der Waals surface area contributed by atoms with Crippen LogP contribution in [-0.4, -0.2) is 46.5 Å². The third-order valence-electron chi connectivity index (χ3n) is 2.76. The second-order valence-electron chi connectivity index (χ2n) is 4.06. The van der Waals surface area contributed by atoms with Crippen LogP contribution in [0, 0.1) is 6.92 Å². The van der Waals surface area contributed by atoms with Gasteiger partial charge in [0.05, 0.1) is 29.9 Å². The highest BCUT2D eigenvalue weighted by Gasteiger charge is 2.12. The maximum atomic E-state index is 9.06. The Hall–Kier alpha value is -1.72. The summed E-state index contributed by atoms with van der Waals surface area (Å²) in [6.07, 6.45) is 0. The van der Waals surface area contributed by atoms with Gasteiger partial charge in [-0.15, -0.1) is 0 Å². The molecule has 0 amide bonds. The average Bonchev–Trinajstić information content (AvgIpc) is 2.38. The van der Waals surface area contributed by atoms with Gasteiger partial charge in [0.1, 0.15) is 0 Å². The molecule has 0 fully saturated rings. The number of rotatable bonds is 5. The summed E-state index contributed by atoms with van der Waals surface area (Å²) in [6, 6.07) is 7.66. The molecule has 0 atom stereocenters. The lowest BCUT2D eigenvalue weighted by Gasteiger charge is -2.23. The molecule has 0 radical (unpaired) electrons. The number of nitrogens with zero attached hydrogens (tertiary/aromatic N) is 3. The fraction of sp³-hybridized carbons (Fsp3) is 0.385. The molecule has 18 heavy (non-hydrogen) atoms. The summed E-state index contributed by atoms with van der Waals surface area (Å²) in [4.78, 5) is 10.9. The number of aliphatic hydroxyl groups excluding tert-OH is 2. The summed E-state index contributed by atoms with van der Waals surface area (Å²) >= 11 is 0.